The number of nitrogens with zero attached hydrogens (tertiary/aromatic N) is 2. The van der Waals surface area contributed by atoms with Crippen LogP contribution in [0.25, 0.3) is 5.70 Å². The SMILES string of the molecule is CC(=O)N1CCC2(CC1)Oc1ccc(C)cc1[C@@H]1C=C(c3ccc(C)cc3)NN12. The van der Waals surface area contributed by atoms with Gasteiger partial charge in [0.1, 0.15) is 5.75 Å². The Hall–Kier alpha value is -2.79. The number of amides is 1. The van der Waals surface area contributed by atoms with Crippen LogP contribution in [0.15, 0.2) is 48.5 Å². The number of benzene rings is 2. The van der Waals surface area contributed by atoms with E-state index in [1.165, 1.54) is 22.3 Å². The zero-order chi connectivity index (χ0) is 20.2. The van der Waals surface area contributed by atoms with Crippen molar-refractivity contribution in [1.29, 1.82) is 0 Å². The van der Waals surface area contributed by atoms with E-state index in [0.29, 0.717) is 13.1 Å². The number of nitrogens with one attached hydrogen (secondary N) is 1. The number of ether oxygens (including phenoxy) is 1. The standard InChI is InChI=1S/C24H27N3O2/c1-16-4-7-19(8-5-16)21-15-22-20-14-17(2)6-9-23(20)29-24(27(22)25-21)10-12-26(13-11-24)18(3)28/h4-9,14-15,22,25H,10-13H2,1-3H3/t22-/m0/s1. The van der Waals surface area contributed by atoms with Gasteiger partial charge in [0.15, 0.2) is 5.72 Å². The molecule has 0 radical (unpaired) electrons. The van der Waals surface area contributed by atoms with Crippen LogP contribution in [0.3, 0.4) is 0 Å². The molecule has 1 fully saturated rings. The highest BCUT2D eigenvalue weighted by Crippen LogP contribution is 2.48. The third kappa shape index (κ3) is 3.01. The lowest BCUT2D eigenvalue weighted by Crippen LogP contribution is -2.64. The molecule has 1 amide bonds. The van der Waals surface area contributed by atoms with E-state index in [1.807, 2.05) is 4.90 Å². The van der Waals surface area contributed by atoms with Crippen molar-refractivity contribution in [2.45, 2.75) is 45.4 Å². The van der Waals surface area contributed by atoms with Gasteiger partial charge >= 0.3 is 0 Å². The molecule has 0 unspecified atom stereocenters. The van der Waals surface area contributed by atoms with Gasteiger partial charge in [-0.2, -0.15) is 5.01 Å². The fraction of sp³-hybridized carbons (Fsp3) is 0.375. The van der Waals surface area contributed by atoms with Crippen molar-refractivity contribution in [2.24, 2.45) is 0 Å². The number of carbonyl (C=O) groups excluding carboxylic acids is 1. The van der Waals surface area contributed by atoms with Gasteiger partial charge in [-0.3, -0.25) is 4.79 Å². The summed E-state index contributed by atoms with van der Waals surface area (Å²) >= 11 is 0. The van der Waals surface area contributed by atoms with Gasteiger partial charge in [-0.15, -0.1) is 0 Å². The van der Waals surface area contributed by atoms with Gasteiger partial charge in [-0.25, -0.2) is 0 Å². The summed E-state index contributed by atoms with van der Waals surface area (Å²) in [5, 5.41) is 2.28. The normalized spacial score (nSPS) is 22.4. The van der Waals surface area contributed by atoms with Crippen molar-refractivity contribution in [2.75, 3.05) is 13.1 Å². The first-order chi connectivity index (χ1) is 13.9. The Bertz CT molecular complexity index is 988. The largest absolute Gasteiger partial charge is 0.470 e. The van der Waals surface area contributed by atoms with E-state index in [2.05, 4.69) is 72.8 Å². The average Bonchev–Trinajstić information content (AvgIpc) is 3.16. The maximum absolute atomic E-state index is 11.8. The molecule has 3 aliphatic heterocycles. The molecule has 1 saturated heterocycles. The van der Waals surface area contributed by atoms with Gasteiger partial charge in [0, 0.05) is 38.4 Å². The Morgan fingerprint density at radius 1 is 1.07 bits per heavy atom. The summed E-state index contributed by atoms with van der Waals surface area (Å²) in [6.07, 6.45) is 3.86. The van der Waals surface area contributed by atoms with Crippen LogP contribution < -0.4 is 10.2 Å². The topological polar surface area (TPSA) is 44.8 Å². The van der Waals surface area contributed by atoms with Gasteiger partial charge in [-0.1, -0.05) is 47.5 Å². The molecule has 5 nitrogen and oxygen atoms in total. The Kier molecular flexibility index (Phi) is 4.17. The molecular formula is C24H27N3O2. The minimum absolute atomic E-state index is 0.110. The number of hydrazine groups is 1. The average molecular weight is 389 g/mol. The first-order valence-electron chi connectivity index (χ1n) is 10.4. The monoisotopic (exact) mass is 389 g/mol. The number of aryl methyl sites for hydroxylation is 2. The Balaban J connectivity index is 1.54. The van der Waals surface area contributed by atoms with Crippen molar-refractivity contribution in [3.05, 3.63) is 70.8 Å². The lowest BCUT2D eigenvalue weighted by molar-refractivity contribution is -0.165. The summed E-state index contributed by atoms with van der Waals surface area (Å²) in [5.41, 5.74) is 9.17. The maximum Gasteiger partial charge on any atom is 0.219 e. The van der Waals surface area contributed by atoms with E-state index in [0.717, 1.165) is 24.3 Å². The van der Waals surface area contributed by atoms with E-state index in [-0.39, 0.29) is 11.9 Å². The van der Waals surface area contributed by atoms with E-state index in [4.69, 9.17) is 4.74 Å². The molecule has 3 aliphatic rings. The van der Waals surface area contributed by atoms with Crippen LogP contribution in [-0.4, -0.2) is 34.6 Å². The van der Waals surface area contributed by atoms with Gasteiger partial charge < -0.3 is 15.1 Å². The van der Waals surface area contributed by atoms with Crippen LogP contribution in [0.5, 0.6) is 5.75 Å². The summed E-state index contributed by atoms with van der Waals surface area (Å²) in [5.74, 6) is 1.09. The summed E-state index contributed by atoms with van der Waals surface area (Å²) in [6, 6.07) is 15.2. The molecule has 29 heavy (non-hydrogen) atoms. The Labute approximate surface area is 171 Å². The molecule has 2 aromatic rings. The zero-order valence-electron chi connectivity index (χ0n) is 17.2. The molecule has 2 aromatic carbocycles. The van der Waals surface area contributed by atoms with Crippen LogP contribution in [0.2, 0.25) is 0 Å². The second kappa shape index (κ2) is 6.63. The number of likely N-dealkylation sites (tertiary alicyclic amines) is 1. The van der Waals surface area contributed by atoms with Crippen molar-refractivity contribution >= 4 is 11.6 Å². The first-order valence-corrected chi connectivity index (χ1v) is 10.4. The van der Waals surface area contributed by atoms with Gasteiger partial charge in [0.2, 0.25) is 5.91 Å². The highest BCUT2D eigenvalue weighted by atomic mass is 16.5. The van der Waals surface area contributed by atoms with E-state index >= 15 is 0 Å². The Morgan fingerprint density at radius 2 is 1.76 bits per heavy atom. The number of piperidine rings is 1. The van der Waals surface area contributed by atoms with Crippen LogP contribution in [0.1, 0.15) is 48.1 Å². The highest BCUT2D eigenvalue weighted by molar-refractivity contribution is 5.73. The number of hydrogen-bond acceptors (Lipinski definition) is 4. The van der Waals surface area contributed by atoms with E-state index in [9.17, 15) is 4.79 Å². The third-order valence-electron chi connectivity index (χ3n) is 6.42. The molecule has 0 aliphatic carbocycles. The molecule has 3 heterocycles. The lowest BCUT2D eigenvalue weighted by atomic mass is 9.92. The van der Waals surface area contributed by atoms with Crippen LogP contribution in [0.4, 0.5) is 0 Å². The van der Waals surface area contributed by atoms with Gasteiger partial charge in [0.05, 0.1) is 11.7 Å². The number of hydrogen-bond donors (Lipinski definition) is 1. The van der Waals surface area contributed by atoms with Gasteiger partial charge in [-0.05, 0) is 31.6 Å². The second-order valence-electron chi connectivity index (χ2n) is 8.47. The fourth-order valence-electron chi connectivity index (χ4n) is 4.71. The zero-order valence-corrected chi connectivity index (χ0v) is 17.2. The lowest BCUT2D eigenvalue weighted by Gasteiger charge is -2.51. The molecular weight excluding hydrogens is 362 g/mol. The van der Waals surface area contributed by atoms with Crippen LogP contribution >= 0.6 is 0 Å². The molecule has 150 valence electrons. The fourth-order valence-corrected chi connectivity index (χ4v) is 4.71. The van der Waals surface area contributed by atoms with Crippen molar-refractivity contribution in [3.8, 4) is 5.75 Å². The highest BCUT2D eigenvalue weighted by Gasteiger charge is 2.51. The molecule has 5 heteroatoms. The summed E-state index contributed by atoms with van der Waals surface area (Å²) < 4.78 is 6.65. The number of fused-ring (bicyclic) bond motifs is 4. The molecule has 1 atom stereocenters. The van der Waals surface area contributed by atoms with Gasteiger partial charge in [0.25, 0.3) is 0 Å². The molecule has 0 bridgehead atoms. The number of rotatable bonds is 1. The van der Waals surface area contributed by atoms with E-state index in [1.54, 1.807) is 6.92 Å². The minimum Gasteiger partial charge on any atom is -0.470 e. The summed E-state index contributed by atoms with van der Waals surface area (Å²) in [6.45, 7) is 7.29. The molecule has 1 N–H and O–H groups in total. The predicted octanol–water partition coefficient (Wildman–Crippen LogP) is 3.94. The first kappa shape index (κ1) is 18.3. The van der Waals surface area contributed by atoms with Crippen molar-refractivity contribution in [3.63, 3.8) is 0 Å². The smallest absolute Gasteiger partial charge is 0.219 e. The summed E-state index contributed by atoms with van der Waals surface area (Å²) in [4.78, 5) is 13.8. The third-order valence-corrected chi connectivity index (χ3v) is 6.42. The molecule has 1 spiro atoms. The maximum atomic E-state index is 11.8. The second-order valence-corrected chi connectivity index (χ2v) is 8.47. The Morgan fingerprint density at radius 3 is 2.45 bits per heavy atom. The summed E-state index contributed by atoms with van der Waals surface area (Å²) in [7, 11) is 0. The van der Waals surface area contributed by atoms with Crippen molar-refractivity contribution in [1.82, 2.24) is 15.3 Å². The minimum atomic E-state index is -0.457. The van der Waals surface area contributed by atoms with Crippen LogP contribution in [0, 0.1) is 13.8 Å². The molecule has 0 aromatic heterocycles. The molecule has 5 rings (SSSR count). The molecule has 0 saturated carbocycles. The predicted molar refractivity (Wildman–Crippen MR) is 113 cm³/mol. The van der Waals surface area contributed by atoms with Crippen molar-refractivity contribution < 1.29 is 9.53 Å². The quantitative estimate of drug-likeness (QED) is 0.803. The van der Waals surface area contributed by atoms with E-state index < -0.39 is 5.72 Å². The van der Waals surface area contributed by atoms with Crippen LogP contribution in [-0.2, 0) is 4.79 Å². The number of carbonyl (C=O) groups is 1.